The van der Waals surface area contributed by atoms with E-state index in [9.17, 15) is 9.59 Å². The Morgan fingerprint density at radius 1 is 0.967 bits per heavy atom. The Morgan fingerprint density at radius 2 is 1.70 bits per heavy atom. The lowest BCUT2D eigenvalue weighted by Gasteiger charge is -2.14. The fraction of sp³-hybridized carbons (Fsp3) is 0.217. The second-order valence-electron chi connectivity index (χ2n) is 6.78. The molecule has 1 heterocycles. The van der Waals surface area contributed by atoms with Gasteiger partial charge in [0.25, 0.3) is 5.91 Å². The summed E-state index contributed by atoms with van der Waals surface area (Å²) in [4.78, 5) is 24.4. The van der Waals surface area contributed by atoms with Crippen molar-refractivity contribution in [2.24, 2.45) is 0 Å². The average Bonchev–Trinajstić information content (AvgIpc) is 3.28. The fourth-order valence-electron chi connectivity index (χ4n) is 2.66. The molecule has 3 N–H and O–H groups in total. The van der Waals surface area contributed by atoms with E-state index in [1.54, 1.807) is 36.4 Å². The van der Waals surface area contributed by atoms with Crippen LogP contribution in [-0.4, -0.2) is 24.5 Å². The summed E-state index contributed by atoms with van der Waals surface area (Å²) in [5.41, 5.74) is 1.97. The Balaban J connectivity index is 1.52. The van der Waals surface area contributed by atoms with Crippen LogP contribution in [-0.2, 0) is 4.79 Å². The van der Waals surface area contributed by atoms with Gasteiger partial charge >= 0.3 is 0 Å². The normalized spacial score (nSPS) is 11.4. The van der Waals surface area contributed by atoms with Crippen molar-refractivity contribution < 1.29 is 18.7 Å². The molecule has 7 heteroatoms. The molecule has 0 spiro atoms. The van der Waals surface area contributed by atoms with Crippen LogP contribution in [0.4, 0.5) is 17.1 Å². The van der Waals surface area contributed by atoms with Crippen LogP contribution in [0.5, 0.6) is 5.75 Å². The summed E-state index contributed by atoms with van der Waals surface area (Å²) in [7, 11) is 0. The molecule has 0 aliphatic heterocycles. The summed E-state index contributed by atoms with van der Waals surface area (Å²) in [6.07, 6.45) is 2.46. The predicted molar refractivity (Wildman–Crippen MR) is 117 cm³/mol. The van der Waals surface area contributed by atoms with Gasteiger partial charge in [0.2, 0.25) is 5.91 Å². The first-order valence-corrected chi connectivity index (χ1v) is 9.79. The maximum Gasteiger partial charge on any atom is 0.291 e. The standard InChI is InChI=1S/C23H25N3O4/c1-3-16(2)30-20-10-5-9-19(14-20)25-22(27)15-24-17-7-4-8-18(13-17)26-23(28)21-11-6-12-29-21/h4-14,16,24H,3,15H2,1-2H3,(H,25,27)(H,26,28). The van der Waals surface area contributed by atoms with Crippen molar-refractivity contribution in [2.45, 2.75) is 26.4 Å². The van der Waals surface area contributed by atoms with Gasteiger partial charge in [0, 0.05) is 23.1 Å². The van der Waals surface area contributed by atoms with Crippen LogP contribution in [0.1, 0.15) is 30.8 Å². The van der Waals surface area contributed by atoms with Crippen LogP contribution in [0.15, 0.2) is 71.3 Å². The number of nitrogens with one attached hydrogen (secondary N) is 3. The minimum atomic E-state index is -0.339. The van der Waals surface area contributed by atoms with Gasteiger partial charge in [0.05, 0.1) is 18.9 Å². The monoisotopic (exact) mass is 407 g/mol. The summed E-state index contributed by atoms with van der Waals surface area (Å²) in [5.74, 6) is 0.414. The largest absolute Gasteiger partial charge is 0.491 e. The molecular weight excluding hydrogens is 382 g/mol. The molecule has 1 atom stereocenters. The molecule has 2 amide bonds. The number of carbonyl (C=O) groups is 2. The number of hydrogen-bond donors (Lipinski definition) is 3. The lowest BCUT2D eigenvalue weighted by molar-refractivity contribution is -0.114. The lowest BCUT2D eigenvalue weighted by Crippen LogP contribution is -2.22. The van der Waals surface area contributed by atoms with Gasteiger partial charge in [-0.1, -0.05) is 19.1 Å². The van der Waals surface area contributed by atoms with E-state index in [4.69, 9.17) is 9.15 Å². The smallest absolute Gasteiger partial charge is 0.291 e. The van der Waals surface area contributed by atoms with Gasteiger partial charge in [-0.2, -0.15) is 0 Å². The summed E-state index contributed by atoms with van der Waals surface area (Å²) >= 11 is 0. The van der Waals surface area contributed by atoms with Crippen molar-refractivity contribution in [3.8, 4) is 5.75 Å². The van der Waals surface area contributed by atoms with Gasteiger partial charge in [-0.05, 0) is 55.8 Å². The summed E-state index contributed by atoms with van der Waals surface area (Å²) in [6, 6.07) is 17.7. The molecule has 0 saturated heterocycles. The Bertz CT molecular complexity index is 986. The van der Waals surface area contributed by atoms with Crippen molar-refractivity contribution in [1.29, 1.82) is 0 Å². The molecule has 1 unspecified atom stereocenters. The zero-order valence-corrected chi connectivity index (χ0v) is 17.0. The van der Waals surface area contributed by atoms with Crippen LogP contribution in [0.25, 0.3) is 0 Å². The molecule has 0 aliphatic rings. The SMILES string of the molecule is CCC(C)Oc1cccc(NC(=O)CNc2cccc(NC(=O)c3ccco3)c2)c1. The molecule has 0 aliphatic carbocycles. The van der Waals surface area contributed by atoms with Crippen LogP contribution >= 0.6 is 0 Å². The summed E-state index contributed by atoms with van der Waals surface area (Å²) in [5, 5.41) is 8.65. The van der Waals surface area contributed by atoms with E-state index in [0.717, 1.165) is 12.2 Å². The number of hydrogen-bond acceptors (Lipinski definition) is 5. The van der Waals surface area contributed by atoms with Gasteiger partial charge in [0.1, 0.15) is 5.75 Å². The third-order valence-electron chi connectivity index (χ3n) is 4.35. The quantitative estimate of drug-likeness (QED) is 0.476. The number of benzene rings is 2. The number of ether oxygens (including phenoxy) is 1. The highest BCUT2D eigenvalue weighted by molar-refractivity contribution is 6.02. The summed E-state index contributed by atoms with van der Waals surface area (Å²) < 4.78 is 10.9. The lowest BCUT2D eigenvalue weighted by atomic mass is 10.2. The maximum absolute atomic E-state index is 12.3. The first-order chi connectivity index (χ1) is 14.5. The molecule has 0 bridgehead atoms. The minimum Gasteiger partial charge on any atom is -0.491 e. The number of amides is 2. The highest BCUT2D eigenvalue weighted by atomic mass is 16.5. The van der Waals surface area contributed by atoms with Gasteiger partial charge in [0.15, 0.2) is 5.76 Å². The van der Waals surface area contributed by atoms with Crippen LogP contribution in [0, 0.1) is 0 Å². The second kappa shape index (κ2) is 10.2. The molecule has 3 aromatic rings. The number of anilines is 3. The Hall–Kier alpha value is -3.74. The zero-order valence-electron chi connectivity index (χ0n) is 17.0. The van der Waals surface area contributed by atoms with Crippen molar-refractivity contribution >= 4 is 28.9 Å². The molecule has 30 heavy (non-hydrogen) atoms. The average molecular weight is 407 g/mol. The van der Waals surface area contributed by atoms with Crippen LogP contribution in [0.3, 0.4) is 0 Å². The third-order valence-corrected chi connectivity index (χ3v) is 4.35. The molecule has 7 nitrogen and oxygen atoms in total. The maximum atomic E-state index is 12.3. The van der Waals surface area contributed by atoms with Crippen molar-refractivity contribution in [2.75, 3.05) is 22.5 Å². The number of carbonyl (C=O) groups excluding carboxylic acids is 2. The zero-order chi connectivity index (χ0) is 21.3. The Morgan fingerprint density at radius 3 is 2.43 bits per heavy atom. The van der Waals surface area contributed by atoms with E-state index in [1.807, 2.05) is 31.2 Å². The number of rotatable bonds is 9. The molecule has 0 saturated carbocycles. The van der Waals surface area contributed by atoms with E-state index < -0.39 is 0 Å². The molecule has 0 radical (unpaired) electrons. The van der Waals surface area contributed by atoms with Crippen LogP contribution < -0.4 is 20.7 Å². The molecule has 3 rings (SSSR count). The van der Waals surface area contributed by atoms with E-state index >= 15 is 0 Å². The van der Waals surface area contributed by atoms with Gasteiger partial charge in [-0.25, -0.2) is 0 Å². The van der Waals surface area contributed by atoms with E-state index in [2.05, 4.69) is 22.9 Å². The van der Waals surface area contributed by atoms with E-state index in [1.165, 1.54) is 6.26 Å². The summed E-state index contributed by atoms with van der Waals surface area (Å²) in [6.45, 7) is 4.13. The van der Waals surface area contributed by atoms with Crippen molar-refractivity contribution in [3.05, 3.63) is 72.7 Å². The highest BCUT2D eigenvalue weighted by Crippen LogP contribution is 2.20. The molecule has 156 valence electrons. The molecular formula is C23H25N3O4. The molecule has 0 fully saturated rings. The second-order valence-corrected chi connectivity index (χ2v) is 6.78. The van der Waals surface area contributed by atoms with E-state index in [0.29, 0.717) is 17.1 Å². The molecule has 1 aromatic heterocycles. The highest BCUT2D eigenvalue weighted by Gasteiger charge is 2.09. The molecule has 2 aromatic carbocycles. The van der Waals surface area contributed by atoms with Gasteiger partial charge < -0.3 is 25.1 Å². The third kappa shape index (κ3) is 6.13. The predicted octanol–water partition coefficient (Wildman–Crippen LogP) is 4.76. The van der Waals surface area contributed by atoms with E-state index in [-0.39, 0.29) is 30.2 Å². The first kappa shape index (κ1) is 21.0. The van der Waals surface area contributed by atoms with Gasteiger partial charge in [-0.3, -0.25) is 9.59 Å². The Labute approximate surface area is 175 Å². The first-order valence-electron chi connectivity index (χ1n) is 9.79. The van der Waals surface area contributed by atoms with Crippen molar-refractivity contribution in [1.82, 2.24) is 0 Å². The fourth-order valence-corrected chi connectivity index (χ4v) is 2.66. The topological polar surface area (TPSA) is 92.6 Å². The van der Waals surface area contributed by atoms with Crippen LogP contribution in [0.2, 0.25) is 0 Å². The Kier molecular flexibility index (Phi) is 7.10. The number of furan rings is 1. The van der Waals surface area contributed by atoms with Gasteiger partial charge in [-0.15, -0.1) is 0 Å². The van der Waals surface area contributed by atoms with Crippen molar-refractivity contribution in [3.63, 3.8) is 0 Å². The minimum absolute atomic E-state index is 0.0754.